The second-order valence-corrected chi connectivity index (χ2v) is 5.81. The van der Waals surface area contributed by atoms with Crippen molar-refractivity contribution in [3.8, 4) is 0 Å². The molecular formula is C17H13F3N2O4. The van der Waals surface area contributed by atoms with Gasteiger partial charge in [-0.05, 0) is 30.3 Å². The summed E-state index contributed by atoms with van der Waals surface area (Å²) >= 11 is 0. The van der Waals surface area contributed by atoms with Gasteiger partial charge in [0, 0.05) is 12.6 Å². The molecule has 0 saturated carbocycles. The molecule has 0 saturated heterocycles. The lowest BCUT2D eigenvalue weighted by Crippen LogP contribution is -2.35. The third-order valence-electron chi connectivity index (χ3n) is 3.87. The minimum absolute atomic E-state index is 0.0205. The maximum atomic E-state index is 12.5. The first kappa shape index (κ1) is 17.7. The zero-order valence-corrected chi connectivity index (χ0v) is 13.5. The highest BCUT2D eigenvalue weighted by Crippen LogP contribution is 2.26. The van der Waals surface area contributed by atoms with Crippen molar-refractivity contribution in [1.29, 1.82) is 0 Å². The molecule has 0 atom stereocenters. The Morgan fingerprint density at radius 1 is 1.15 bits per heavy atom. The minimum Gasteiger partial charge on any atom is -0.467 e. The first-order valence-corrected chi connectivity index (χ1v) is 7.52. The predicted octanol–water partition coefficient (Wildman–Crippen LogP) is 2.71. The number of hydrogen-bond acceptors (Lipinski definition) is 4. The van der Waals surface area contributed by atoms with Crippen LogP contribution in [0.2, 0.25) is 0 Å². The van der Waals surface area contributed by atoms with Crippen LogP contribution in [0.1, 0.15) is 36.8 Å². The van der Waals surface area contributed by atoms with E-state index in [1.54, 1.807) is 12.1 Å². The Morgan fingerprint density at radius 2 is 1.85 bits per heavy atom. The molecule has 0 radical (unpaired) electrons. The van der Waals surface area contributed by atoms with Crippen LogP contribution in [-0.2, 0) is 6.54 Å². The van der Waals surface area contributed by atoms with Gasteiger partial charge in [0.05, 0.1) is 23.9 Å². The maximum absolute atomic E-state index is 12.5. The zero-order chi connectivity index (χ0) is 19.1. The standard InChI is InChI=1S/C17H13F3N2O4/c1-21(9-17(18,19)20)14(23)10-4-5-12-13(7-10)16(25)22(15(12)24)8-11-3-2-6-26-11/h2-7H,8-9H2,1H3. The Morgan fingerprint density at radius 3 is 2.46 bits per heavy atom. The number of halogens is 3. The van der Waals surface area contributed by atoms with E-state index in [0.29, 0.717) is 10.7 Å². The van der Waals surface area contributed by atoms with Crippen LogP contribution in [0.5, 0.6) is 0 Å². The topological polar surface area (TPSA) is 70.8 Å². The maximum Gasteiger partial charge on any atom is 0.406 e. The van der Waals surface area contributed by atoms with Crippen LogP contribution in [0, 0.1) is 0 Å². The average molecular weight is 366 g/mol. The largest absolute Gasteiger partial charge is 0.467 e. The van der Waals surface area contributed by atoms with Crippen molar-refractivity contribution >= 4 is 17.7 Å². The SMILES string of the molecule is CN(CC(F)(F)F)C(=O)c1ccc2c(c1)C(=O)N(Cc1ccco1)C2=O. The Kier molecular flexibility index (Phi) is 4.31. The smallest absolute Gasteiger partial charge is 0.406 e. The van der Waals surface area contributed by atoms with Gasteiger partial charge in [-0.1, -0.05) is 0 Å². The van der Waals surface area contributed by atoms with Gasteiger partial charge in [0.15, 0.2) is 0 Å². The van der Waals surface area contributed by atoms with Crippen LogP contribution in [0.25, 0.3) is 0 Å². The fourth-order valence-electron chi connectivity index (χ4n) is 2.69. The summed E-state index contributed by atoms with van der Waals surface area (Å²) in [6, 6.07) is 6.86. The van der Waals surface area contributed by atoms with E-state index in [1.807, 2.05) is 0 Å². The molecule has 0 N–H and O–H groups in total. The lowest BCUT2D eigenvalue weighted by atomic mass is 10.0. The fourth-order valence-corrected chi connectivity index (χ4v) is 2.69. The van der Waals surface area contributed by atoms with E-state index in [1.165, 1.54) is 18.4 Å². The molecule has 0 fully saturated rings. The monoisotopic (exact) mass is 366 g/mol. The lowest BCUT2D eigenvalue weighted by molar-refractivity contribution is -0.138. The highest BCUT2D eigenvalue weighted by Gasteiger charge is 2.37. The summed E-state index contributed by atoms with van der Waals surface area (Å²) in [5, 5.41) is 0. The summed E-state index contributed by atoms with van der Waals surface area (Å²) in [5.74, 6) is -1.67. The second-order valence-electron chi connectivity index (χ2n) is 5.81. The molecule has 1 aliphatic rings. The molecule has 9 heteroatoms. The van der Waals surface area contributed by atoms with Crippen molar-refractivity contribution in [3.05, 3.63) is 59.0 Å². The molecule has 3 amide bonds. The number of furan rings is 1. The van der Waals surface area contributed by atoms with E-state index in [4.69, 9.17) is 4.42 Å². The molecule has 6 nitrogen and oxygen atoms in total. The highest BCUT2D eigenvalue weighted by atomic mass is 19.4. The van der Waals surface area contributed by atoms with Gasteiger partial charge < -0.3 is 9.32 Å². The first-order valence-electron chi connectivity index (χ1n) is 7.52. The predicted molar refractivity (Wildman–Crippen MR) is 82.4 cm³/mol. The van der Waals surface area contributed by atoms with Gasteiger partial charge >= 0.3 is 6.18 Å². The molecule has 1 aromatic heterocycles. The Labute approximate surface area is 145 Å². The van der Waals surface area contributed by atoms with Crippen LogP contribution in [0.15, 0.2) is 41.0 Å². The number of alkyl halides is 3. The molecule has 0 aliphatic carbocycles. The molecule has 0 unspecified atom stereocenters. The van der Waals surface area contributed by atoms with Crippen molar-refractivity contribution in [1.82, 2.24) is 9.80 Å². The summed E-state index contributed by atoms with van der Waals surface area (Å²) < 4.78 is 42.4. The van der Waals surface area contributed by atoms with Crippen LogP contribution in [0.4, 0.5) is 13.2 Å². The van der Waals surface area contributed by atoms with E-state index in [0.717, 1.165) is 18.0 Å². The number of fused-ring (bicyclic) bond motifs is 1. The Bertz CT molecular complexity index is 875. The first-order chi connectivity index (χ1) is 12.2. The summed E-state index contributed by atoms with van der Waals surface area (Å²) in [7, 11) is 1.01. The number of benzene rings is 1. The molecule has 1 aromatic carbocycles. The lowest BCUT2D eigenvalue weighted by Gasteiger charge is -2.19. The number of amides is 3. The Balaban J connectivity index is 1.84. The quantitative estimate of drug-likeness (QED) is 0.780. The second kappa shape index (κ2) is 6.32. The number of hydrogen-bond donors (Lipinski definition) is 0. The summed E-state index contributed by atoms with van der Waals surface area (Å²) in [4.78, 5) is 38.4. The number of imide groups is 1. The molecule has 0 spiro atoms. The van der Waals surface area contributed by atoms with E-state index in [2.05, 4.69) is 0 Å². The van der Waals surface area contributed by atoms with E-state index >= 15 is 0 Å². The highest BCUT2D eigenvalue weighted by molar-refractivity contribution is 6.21. The summed E-state index contributed by atoms with van der Waals surface area (Å²) in [6.07, 6.45) is -3.13. The van der Waals surface area contributed by atoms with Crippen molar-refractivity contribution in [2.45, 2.75) is 12.7 Å². The molecule has 0 bridgehead atoms. The van der Waals surface area contributed by atoms with E-state index < -0.39 is 30.4 Å². The fraction of sp³-hybridized carbons (Fsp3) is 0.235. The molecule has 1 aliphatic heterocycles. The molecule has 26 heavy (non-hydrogen) atoms. The van der Waals surface area contributed by atoms with E-state index in [9.17, 15) is 27.6 Å². The van der Waals surface area contributed by atoms with Gasteiger partial charge in [-0.25, -0.2) is 0 Å². The van der Waals surface area contributed by atoms with Crippen LogP contribution in [-0.4, -0.2) is 47.3 Å². The molecular weight excluding hydrogens is 353 g/mol. The number of carbonyl (C=O) groups excluding carboxylic acids is 3. The minimum atomic E-state index is -4.53. The van der Waals surface area contributed by atoms with Gasteiger partial charge in [0.25, 0.3) is 17.7 Å². The van der Waals surface area contributed by atoms with Gasteiger partial charge in [-0.2, -0.15) is 13.2 Å². The van der Waals surface area contributed by atoms with Gasteiger partial charge in [0.1, 0.15) is 12.3 Å². The average Bonchev–Trinajstić information content (AvgIpc) is 3.16. The molecule has 2 heterocycles. The van der Waals surface area contributed by atoms with Crippen molar-refractivity contribution < 1.29 is 32.0 Å². The molecule has 2 aromatic rings. The van der Waals surface area contributed by atoms with Gasteiger partial charge in [-0.3, -0.25) is 19.3 Å². The van der Waals surface area contributed by atoms with Gasteiger partial charge in [-0.15, -0.1) is 0 Å². The number of rotatable bonds is 4. The number of nitrogens with zero attached hydrogens (tertiary/aromatic N) is 2. The Hall–Kier alpha value is -3.10. The number of carbonyl (C=O) groups is 3. The van der Waals surface area contributed by atoms with Gasteiger partial charge in [0.2, 0.25) is 0 Å². The zero-order valence-electron chi connectivity index (χ0n) is 13.5. The third kappa shape index (κ3) is 3.32. The van der Waals surface area contributed by atoms with Crippen LogP contribution >= 0.6 is 0 Å². The third-order valence-corrected chi connectivity index (χ3v) is 3.87. The van der Waals surface area contributed by atoms with Crippen molar-refractivity contribution in [2.75, 3.05) is 13.6 Å². The van der Waals surface area contributed by atoms with E-state index in [-0.39, 0.29) is 23.2 Å². The van der Waals surface area contributed by atoms with Crippen LogP contribution < -0.4 is 0 Å². The summed E-state index contributed by atoms with van der Waals surface area (Å²) in [6.45, 7) is -1.49. The van der Waals surface area contributed by atoms with Crippen LogP contribution in [0.3, 0.4) is 0 Å². The van der Waals surface area contributed by atoms with Crippen molar-refractivity contribution in [3.63, 3.8) is 0 Å². The normalized spacial score (nSPS) is 13.9. The molecule has 136 valence electrons. The van der Waals surface area contributed by atoms with Crippen molar-refractivity contribution in [2.24, 2.45) is 0 Å². The summed E-state index contributed by atoms with van der Waals surface area (Å²) in [5.41, 5.74) is -0.0270. The molecule has 3 rings (SSSR count).